The molecule has 1 heterocycles. The number of β-amino-alcohol motifs (C(OH)–C–C–N with tert-alkyl or cyclic N) is 1. The molecular formula is C26H32N2O4. The Kier molecular flexibility index (Phi) is 9.09. The van der Waals surface area contributed by atoms with E-state index < -0.39 is 6.10 Å². The van der Waals surface area contributed by atoms with E-state index in [0.29, 0.717) is 36.9 Å². The van der Waals surface area contributed by atoms with Gasteiger partial charge in [-0.15, -0.1) is 0 Å². The minimum atomic E-state index is -0.652. The van der Waals surface area contributed by atoms with Gasteiger partial charge in [0.05, 0.1) is 12.2 Å². The highest BCUT2D eigenvalue weighted by Gasteiger charge is 2.26. The van der Waals surface area contributed by atoms with E-state index in [-0.39, 0.29) is 19.0 Å². The van der Waals surface area contributed by atoms with E-state index in [4.69, 9.17) is 9.47 Å². The predicted octanol–water partition coefficient (Wildman–Crippen LogP) is 3.50. The van der Waals surface area contributed by atoms with Gasteiger partial charge < -0.3 is 14.6 Å². The minimum Gasteiger partial charge on any atom is -0.489 e. The Bertz CT molecular complexity index is 910. The number of likely N-dealkylation sites (tertiary alicyclic amines) is 1. The van der Waals surface area contributed by atoms with Crippen molar-refractivity contribution < 1.29 is 19.4 Å². The van der Waals surface area contributed by atoms with Gasteiger partial charge in [0.1, 0.15) is 24.5 Å². The van der Waals surface area contributed by atoms with E-state index in [1.54, 1.807) is 19.1 Å². The molecule has 1 aliphatic heterocycles. The largest absolute Gasteiger partial charge is 0.489 e. The SMILES string of the molecule is CCOC(=O)CCc1ccc(C#N)c(OC[C@H](O)CN2CCCC2Cc2ccccc2)c1. The maximum absolute atomic E-state index is 11.6. The number of aliphatic hydroxyl groups excluding tert-OH is 1. The van der Waals surface area contributed by atoms with Gasteiger partial charge in [-0.05, 0) is 62.4 Å². The lowest BCUT2D eigenvalue weighted by Crippen LogP contribution is -2.39. The van der Waals surface area contributed by atoms with Gasteiger partial charge in [-0.1, -0.05) is 36.4 Å². The molecule has 170 valence electrons. The number of nitrogens with zero attached hydrogens (tertiary/aromatic N) is 2. The molecule has 32 heavy (non-hydrogen) atoms. The highest BCUT2D eigenvalue weighted by atomic mass is 16.5. The van der Waals surface area contributed by atoms with Gasteiger partial charge in [0.15, 0.2) is 0 Å². The molecular weight excluding hydrogens is 404 g/mol. The van der Waals surface area contributed by atoms with Gasteiger partial charge in [-0.25, -0.2) is 0 Å². The maximum Gasteiger partial charge on any atom is 0.306 e. The van der Waals surface area contributed by atoms with Crippen molar-refractivity contribution >= 4 is 5.97 Å². The molecule has 3 rings (SSSR count). The van der Waals surface area contributed by atoms with E-state index in [2.05, 4.69) is 35.2 Å². The second kappa shape index (κ2) is 12.2. The first kappa shape index (κ1) is 23.8. The van der Waals surface area contributed by atoms with Crippen LogP contribution in [0.5, 0.6) is 5.75 Å². The van der Waals surface area contributed by atoms with Crippen molar-refractivity contribution in [2.45, 2.75) is 51.2 Å². The fraction of sp³-hybridized carbons (Fsp3) is 0.462. The van der Waals surface area contributed by atoms with Crippen LogP contribution < -0.4 is 4.74 Å². The van der Waals surface area contributed by atoms with Crippen molar-refractivity contribution in [2.75, 3.05) is 26.3 Å². The first-order valence-electron chi connectivity index (χ1n) is 11.4. The number of hydrogen-bond acceptors (Lipinski definition) is 6. The third-order valence-corrected chi connectivity index (χ3v) is 5.78. The van der Waals surface area contributed by atoms with Crippen LogP contribution in [0.25, 0.3) is 0 Å². The smallest absolute Gasteiger partial charge is 0.306 e. The maximum atomic E-state index is 11.6. The number of carbonyl (C=O) groups is 1. The number of benzene rings is 2. The minimum absolute atomic E-state index is 0.116. The molecule has 2 aromatic rings. The molecule has 1 unspecified atom stereocenters. The lowest BCUT2D eigenvalue weighted by atomic mass is 10.0. The Morgan fingerprint density at radius 2 is 2.06 bits per heavy atom. The van der Waals surface area contributed by atoms with Crippen molar-refractivity contribution in [3.05, 3.63) is 65.2 Å². The predicted molar refractivity (Wildman–Crippen MR) is 122 cm³/mol. The van der Waals surface area contributed by atoms with Crippen LogP contribution in [0.4, 0.5) is 0 Å². The fourth-order valence-corrected chi connectivity index (χ4v) is 4.18. The summed E-state index contributed by atoms with van der Waals surface area (Å²) in [6.07, 6.45) is 3.38. The summed E-state index contributed by atoms with van der Waals surface area (Å²) in [5.41, 5.74) is 2.62. The molecule has 2 atom stereocenters. The van der Waals surface area contributed by atoms with Crippen molar-refractivity contribution in [1.82, 2.24) is 4.90 Å². The summed E-state index contributed by atoms with van der Waals surface area (Å²) in [6.45, 7) is 3.78. The number of aliphatic hydroxyl groups is 1. The third kappa shape index (κ3) is 7.08. The summed E-state index contributed by atoms with van der Waals surface area (Å²) < 4.78 is 10.8. The van der Waals surface area contributed by atoms with Crippen LogP contribution in [0.2, 0.25) is 0 Å². The molecule has 1 N–H and O–H groups in total. The number of rotatable bonds is 11. The summed E-state index contributed by atoms with van der Waals surface area (Å²) in [5, 5.41) is 20.0. The van der Waals surface area contributed by atoms with Crippen LogP contribution in [-0.4, -0.2) is 54.4 Å². The van der Waals surface area contributed by atoms with Gasteiger partial charge in [-0.2, -0.15) is 5.26 Å². The van der Waals surface area contributed by atoms with Crippen molar-refractivity contribution in [3.8, 4) is 11.8 Å². The number of nitriles is 1. The van der Waals surface area contributed by atoms with Crippen LogP contribution in [0.3, 0.4) is 0 Å². The van der Waals surface area contributed by atoms with E-state index in [1.807, 2.05) is 12.1 Å². The first-order chi connectivity index (χ1) is 15.6. The summed E-state index contributed by atoms with van der Waals surface area (Å²) >= 11 is 0. The van der Waals surface area contributed by atoms with E-state index in [0.717, 1.165) is 31.4 Å². The molecule has 1 fully saturated rings. The lowest BCUT2D eigenvalue weighted by Gasteiger charge is -2.27. The van der Waals surface area contributed by atoms with Gasteiger partial charge in [-0.3, -0.25) is 9.69 Å². The lowest BCUT2D eigenvalue weighted by molar-refractivity contribution is -0.143. The molecule has 0 aromatic heterocycles. The van der Waals surface area contributed by atoms with Crippen molar-refractivity contribution in [1.29, 1.82) is 5.26 Å². The Labute approximate surface area is 190 Å². The zero-order valence-electron chi connectivity index (χ0n) is 18.7. The Morgan fingerprint density at radius 1 is 1.25 bits per heavy atom. The summed E-state index contributed by atoms with van der Waals surface area (Å²) in [5.74, 6) is 0.195. The quantitative estimate of drug-likeness (QED) is 0.543. The molecule has 0 bridgehead atoms. The fourth-order valence-electron chi connectivity index (χ4n) is 4.18. The summed E-state index contributed by atoms with van der Waals surface area (Å²) in [4.78, 5) is 13.9. The number of aryl methyl sites for hydroxylation is 1. The van der Waals surface area contributed by atoms with Gasteiger partial charge in [0.25, 0.3) is 0 Å². The van der Waals surface area contributed by atoms with Gasteiger partial charge in [0.2, 0.25) is 0 Å². The molecule has 1 saturated heterocycles. The summed E-state index contributed by atoms with van der Waals surface area (Å²) in [7, 11) is 0. The third-order valence-electron chi connectivity index (χ3n) is 5.78. The first-order valence-corrected chi connectivity index (χ1v) is 11.4. The Morgan fingerprint density at radius 3 is 2.81 bits per heavy atom. The second-order valence-electron chi connectivity index (χ2n) is 8.19. The molecule has 1 aliphatic rings. The number of esters is 1. The zero-order valence-corrected chi connectivity index (χ0v) is 18.7. The molecule has 0 amide bonds. The normalized spacial score (nSPS) is 17.0. The topological polar surface area (TPSA) is 82.8 Å². The molecule has 6 heteroatoms. The van der Waals surface area contributed by atoms with Crippen LogP contribution in [0.15, 0.2) is 48.5 Å². The molecule has 6 nitrogen and oxygen atoms in total. The van der Waals surface area contributed by atoms with E-state index in [9.17, 15) is 15.2 Å². The van der Waals surface area contributed by atoms with Gasteiger partial charge in [0, 0.05) is 19.0 Å². The van der Waals surface area contributed by atoms with Crippen LogP contribution >= 0.6 is 0 Å². The van der Waals surface area contributed by atoms with Crippen molar-refractivity contribution in [2.24, 2.45) is 0 Å². The van der Waals surface area contributed by atoms with Crippen LogP contribution in [0.1, 0.15) is 42.9 Å². The number of ether oxygens (including phenoxy) is 2. The second-order valence-corrected chi connectivity index (χ2v) is 8.19. The molecule has 0 radical (unpaired) electrons. The average Bonchev–Trinajstić information content (AvgIpc) is 3.23. The zero-order chi connectivity index (χ0) is 22.8. The standard InChI is InChI=1S/C26H32N2O4/c1-2-31-26(30)13-11-21-10-12-22(17-27)25(16-21)32-19-24(29)18-28-14-6-9-23(28)15-20-7-4-3-5-8-20/h3-5,7-8,10,12,16,23-24,29H,2,6,9,11,13-15,18-19H2,1H3/t23?,24-/m1/s1. The number of carbonyl (C=O) groups excluding carboxylic acids is 1. The Balaban J connectivity index is 1.53. The highest BCUT2D eigenvalue weighted by Crippen LogP contribution is 2.23. The van der Waals surface area contributed by atoms with E-state index in [1.165, 1.54) is 5.56 Å². The molecule has 0 aliphatic carbocycles. The van der Waals surface area contributed by atoms with Crippen LogP contribution in [0, 0.1) is 11.3 Å². The van der Waals surface area contributed by atoms with Crippen LogP contribution in [-0.2, 0) is 22.4 Å². The van der Waals surface area contributed by atoms with Gasteiger partial charge >= 0.3 is 5.97 Å². The summed E-state index contributed by atoms with van der Waals surface area (Å²) in [6, 6.07) is 18.3. The molecule has 0 spiro atoms. The Hall–Kier alpha value is -2.88. The highest BCUT2D eigenvalue weighted by molar-refractivity contribution is 5.69. The average molecular weight is 437 g/mol. The monoisotopic (exact) mass is 436 g/mol. The molecule has 0 saturated carbocycles. The number of hydrogen-bond donors (Lipinski definition) is 1. The van der Waals surface area contributed by atoms with E-state index >= 15 is 0 Å². The molecule has 2 aromatic carbocycles. The van der Waals surface area contributed by atoms with Crippen molar-refractivity contribution in [3.63, 3.8) is 0 Å².